The first-order valence-corrected chi connectivity index (χ1v) is 11.4. The Labute approximate surface area is 206 Å². The van der Waals surface area contributed by atoms with E-state index in [1.54, 1.807) is 26.2 Å². The number of rotatable bonds is 5. The molecule has 0 unspecified atom stereocenters. The molecule has 0 saturated heterocycles. The van der Waals surface area contributed by atoms with Gasteiger partial charge in [-0.25, -0.2) is 4.79 Å². The van der Waals surface area contributed by atoms with E-state index >= 15 is 0 Å². The second-order valence-electron chi connectivity index (χ2n) is 8.86. The van der Waals surface area contributed by atoms with E-state index in [0.717, 1.165) is 22.6 Å². The summed E-state index contributed by atoms with van der Waals surface area (Å²) in [6.45, 7) is 9.96. The highest BCUT2D eigenvalue weighted by Crippen LogP contribution is 2.37. The average molecular weight is 471 g/mol. The summed E-state index contributed by atoms with van der Waals surface area (Å²) in [6.07, 6.45) is 1.79. The molecule has 6 nitrogen and oxygen atoms in total. The molecule has 0 fully saturated rings. The molecule has 1 aromatic heterocycles. The predicted molar refractivity (Wildman–Crippen MR) is 138 cm³/mol. The van der Waals surface area contributed by atoms with E-state index in [2.05, 4.69) is 36.6 Å². The zero-order valence-electron chi connectivity index (χ0n) is 21.2. The van der Waals surface area contributed by atoms with Crippen LogP contribution in [0.2, 0.25) is 0 Å². The highest BCUT2D eigenvalue weighted by atomic mass is 16.5. The summed E-state index contributed by atoms with van der Waals surface area (Å²) in [5.74, 6) is -0.208. The summed E-state index contributed by atoms with van der Waals surface area (Å²) in [6, 6.07) is 15.7. The maximum Gasteiger partial charge on any atom is 0.340 e. The number of hydrogen-bond donors (Lipinski definition) is 0. The van der Waals surface area contributed by atoms with Gasteiger partial charge in [-0.2, -0.15) is 0 Å². The van der Waals surface area contributed by atoms with Crippen LogP contribution in [0.5, 0.6) is 5.75 Å². The van der Waals surface area contributed by atoms with Crippen molar-refractivity contribution in [2.75, 3.05) is 19.1 Å². The van der Waals surface area contributed by atoms with Crippen molar-refractivity contribution in [1.82, 2.24) is 4.57 Å². The van der Waals surface area contributed by atoms with Crippen molar-refractivity contribution in [3.8, 4) is 11.4 Å². The number of anilines is 1. The van der Waals surface area contributed by atoms with Crippen LogP contribution < -0.4 is 9.64 Å². The quantitative estimate of drug-likeness (QED) is 0.360. The molecule has 3 aromatic rings. The number of aromatic nitrogens is 1. The van der Waals surface area contributed by atoms with Gasteiger partial charge in [-0.15, -0.1) is 0 Å². The minimum atomic E-state index is -0.546. The number of benzene rings is 2. The zero-order chi connectivity index (χ0) is 25.4. The molecule has 2 aromatic carbocycles. The summed E-state index contributed by atoms with van der Waals surface area (Å²) < 4.78 is 12.6. The van der Waals surface area contributed by atoms with Crippen molar-refractivity contribution in [2.24, 2.45) is 0 Å². The molecule has 0 atom stereocenters. The predicted octanol–water partition coefficient (Wildman–Crippen LogP) is 5.60. The lowest BCUT2D eigenvalue weighted by Crippen LogP contribution is -2.24. The molecule has 6 heteroatoms. The molecule has 180 valence electrons. The minimum Gasteiger partial charge on any atom is -0.497 e. The summed E-state index contributed by atoms with van der Waals surface area (Å²) in [4.78, 5) is 28.0. The van der Waals surface area contributed by atoms with Gasteiger partial charge in [-0.1, -0.05) is 12.1 Å². The molecule has 0 aliphatic carbocycles. The molecule has 0 spiro atoms. The number of esters is 1. The first-order valence-electron chi connectivity index (χ1n) is 11.4. The molecule has 0 radical (unpaired) electrons. The van der Waals surface area contributed by atoms with Crippen LogP contribution in [0.1, 0.15) is 35.0 Å². The monoisotopic (exact) mass is 470 g/mol. The van der Waals surface area contributed by atoms with Crippen LogP contribution in [0.25, 0.3) is 11.8 Å². The second-order valence-corrected chi connectivity index (χ2v) is 8.86. The summed E-state index contributed by atoms with van der Waals surface area (Å²) >= 11 is 0. The second kappa shape index (κ2) is 9.29. The van der Waals surface area contributed by atoms with Gasteiger partial charge >= 0.3 is 5.97 Å². The van der Waals surface area contributed by atoms with Crippen molar-refractivity contribution in [2.45, 2.75) is 34.6 Å². The molecule has 0 N–H and O–H groups in total. The highest BCUT2D eigenvalue weighted by Gasteiger charge is 2.38. The lowest BCUT2D eigenvalue weighted by atomic mass is 10.0. The fourth-order valence-electron chi connectivity index (χ4n) is 4.81. The summed E-state index contributed by atoms with van der Waals surface area (Å²) in [5.41, 5.74) is 8.02. The Kier molecular flexibility index (Phi) is 6.39. The van der Waals surface area contributed by atoms with Crippen molar-refractivity contribution in [3.05, 3.63) is 93.5 Å². The Balaban J connectivity index is 1.86. The normalized spacial score (nSPS) is 14.8. The number of ether oxygens (including phenoxy) is 2. The fourth-order valence-corrected chi connectivity index (χ4v) is 4.81. The number of nitrogens with zero attached hydrogens (tertiary/aromatic N) is 2. The molecule has 1 aliphatic rings. The number of carbonyl (C=O) groups excluding carboxylic acids is 2. The third-order valence-corrected chi connectivity index (χ3v) is 6.34. The minimum absolute atomic E-state index is 0.261. The molecule has 1 aliphatic heterocycles. The molecule has 35 heavy (non-hydrogen) atoms. The maximum absolute atomic E-state index is 13.7. The van der Waals surface area contributed by atoms with Gasteiger partial charge in [0.15, 0.2) is 0 Å². The number of amides is 1. The van der Waals surface area contributed by atoms with E-state index in [9.17, 15) is 9.59 Å². The topological polar surface area (TPSA) is 60.8 Å². The van der Waals surface area contributed by atoms with E-state index in [0.29, 0.717) is 22.7 Å². The van der Waals surface area contributed by atoms with E-state index in [4.69, 9.17) is 9.47 Å². The summed E-state index contributed by atoms with van der Waals surface area (Å²) in [7, 11) is 2.90. The van der Waals surface area contributed by atoms with Gasteiger partial charge in [0, 0.05) is 28.8 Å². The van der Waals surface area contributed by atoms with E-state index in [1.165, 1.54) is 23.1 Å². The van der Waals surface area contributed by atoms with Gasteiger partial charge in [-0.3, -0.25) is 9.69 Å². The van der Waals surface area contributed by atoms with Gasteiger partial charge < -0.3 is 14.0 Å². The van der Waals surface area contributed by atoms with Crippen LogP contribution in [0.15, 0.2) is 65.4 Å². The van der Waals surface area contributed by atoms with Gasteiger partial charge in [0.05, 0.1) is 31.1 Å². The van der Waals surface area contributed by atoms with Crippen molar-refractivity contribution >= 4 is 23.6 Å². The van der Waals surface area contributed by atoms with Crippen LogP contribution in [0.4, 0.5) is 5.69 Å². The third kappa shape index (κ3) is 4.28. The molecular weight excluding hydrogens is 440 g/mol. The SMILES string of the molecule is COC(=O)C1=C(C)N(c2cccc(OC)c2)C(=O)/C1=C\c1cc(C)n(-c2cc(C)cc(C)c2)c1C. The molecule has 0 bridgehead atoms. The number of hydrogen-bond acceptors (Lipinski definition) is 4. The molecular formula is C29H30N2O4. The molecule has 1 amide bonds. The van der Waals surface area contributed by atoms with Crippen molar-refractivity contribution in [3.63, 3.8) is 0 Å². The van der Waals surface area contributed by atoms with Crippen molar-refractivity contribution < 1.29 is 19.1 Å². The zero-order valence-corrected chi connectivity index (χ0v) is 21.2. The Morgan fingerprint density at radius 1 is 0.886 bits per heavy atom. The Hall–Kier alpha value is -4.06. The van der Waals surface area contributed by atoms with Crippen LogP contribution in [0, 0.1) is 27.7 Å². The largest absolute Gasteiger partial charge is 0.497 e. The van der Waals surface area contributed by atoms with E-state index in [1.807, 2.05) is 38.1 Å². The van der Waals surface area contributed by atoms with Crippen LogP contribution in [-0.2, 0) is 14.3 Å². The van der Waals surface area contributed by atoms with Crippen LogP contribution in [0.3, 0.4) is 0 Å². The Morgan fingerprint density at radius 3 is 2.20 bits per heavy atom. The highest BCUT2D eigenvalue weighted by molar-refractivity contribution is 6.23. The van der Waals surface area contributed by atoms with Gasteiger partial charge in [0.25, 0.3) is 5.91 Å². The Morgan fingerprint density at radius 2 is 1.57 bits per heavy atom. The molecule has 2 heterocycles. The fraction of sp³-hybridized carbons (Fsp3) is 0.241. The van der Waals surface area contributed by atoms with Gasteiger partial charge in [0.2, 0.25) is 0 Å². The van der Waals surface area contributed by atoms with Gasteiger partial charge in [-0.05, 0) is 87.7 Å². The maximum atomic E-state index is 13.7. The number of carbonyl (C=O) groups is 2. The molecule has 0 saturated carbocycles. The van der Waals surface area contributed by atoms with E-state index in [-0.39, 0.29) is 11.5 Å². The van der Waals surface area contributed by atoms with Crippen LogP contribution in [-0.4, -0.2) is 30.7 Å². The molecule has 4 rings (SSSR count). The lowest BCUT2D eigenvalue weighted by Gasteiger charge is -2.18. The first-order chi connectivity index (χ1) is 16.7. The number of methoxy groups -OCH3 is 2. The standard InChI is InChI=1S/C29H30N2O4/c1-17-11-18(2)13-24(12-17)30-19(3)14-22(20(30)4)15-26-27(29(33)35-7)21(5)31(28(26)32)23-9-8-10-25(16-23)34-6/h8-16H,1-7H3/b26-15-. The van der Waals surface area contributed by atoms with E-state index < -0.39 is 5.97 Å². The first kappa shape index (κ1) is 24.1. The number of aryl methyl sites for hydroxylation is 3. The Bertz CT molecular complexity index is 1390. The van der Waals surface area contributed by atoms with Crippen LogP contribution >= 0.6 is 0 Å². The third-order valence-electron chi connectivity index (χ3n) is 6.34. The summed E-state index contributed by atoms with van der Waals surface area (Å²) in [5, 5.41) is 0. The lowest BCUT2D eigenvalue weighted by molar-refractivity contribution is -0.136. The number of allylic oxidation sites excluding steroid dienone is 1. The van der Waals surface area contributed by atoms with Crippen molar-refractivity contribution in [1.29, 1.82) is 0 Å². The average Bonchev–Trinajstić information content (AvgIpc) is 3.23. The van der Waals surface area contributed by atoms with Gasteiger partial charge in [0.1, 0.15) is 5.75 Å². The smallest absolute Gasteiger partial charge is 0.340 e.